The number of aryl methyl sites for hydroxylation is 1. The van der Waals surface area contributed by atoms with E-state index >= 15 is 0 Å². The molecule has 3 rings (SSSR count). The molecule has 0 bridgehead atoms. The Morgan fingerprint density at radius 2 is 1.94 bits per heavy atom. The van der Waals surface area contributed by atoms with Crippen molar-refractivity contribution in [2.24, 2.45) is 0 Å². The summed E-state index contributed by atoms with van der Waals surface area (Å²) < 4.78 is 0. The Bertz CT molecular complexity index is 591. The Hall–Kier alpha value is -0.860. The molecule has 0 aliphatic heterocycles. The molecule has 0 radical (unpaired) electrons. The highest BCUT2D eigenvalue weighted by molar-refractivity contribution is 6.35. The van der Waals surface area contributed by atoms with E-state index in [9.17, 15) is 0 Å². The molecule has 1 saturated carbocycles. The molecule has 0 amide bonds. The lowest BCUT2D eigenvalue weighted by Crippen LogP contribution is -2.13. The number of fused-ring (bicyclic) bond motifs is 1. The summed E-state index contributed by atoms with van der Waals surface area (Å²) in [5.41, 5.74) is 1.87. The smallest absolute Gasteiger partial charge is 0.140 e. The van der Waals surface area contributed by atoms with Crippen molar-refractivity contribution in [3.05, 3.63) is 33.7 Å². The number of hydrogen-bond donors (Lipinski definition) is 0. The van der Waals surface area contributed by atoms with Crippen LogP contribution in [0.4, 0.5) is 0 Å². The largest absolute Gasteiger partial charge is 0.232 e. The van der Waals surface area contributed by atoms with Crippen molar-refractivity contribution in [3.63, 3.8) is 0 Å². The fraction of sp³-hybridized carbons (Fsp3) is 0.385. The van der Waals surface area contributed by atoms with Crippen molar-refractivity contribution < 1.29 is 0 Å². The standard InChI is InChI=1S/C13H12Cl2N2/c1-7-10(14)6-5-9-11(7)16-13(17-12(9)15)8-3-2-4-8/h5-6,8H,2-4H2,1H3. The fourth-order valence-corrected chi connectivity index (χ4v) is 2.53. The first-order valence-corrected chi connectivity index (χ1v) is 6.54. The molecule has 2 aromatic rings. The van der Waals surface area contributed by atoms with Gasteiger partial charge in [-0.2, -0.15) is 0 Å². The van der Waals surface area contributed by atoms with Gasteiger partial charge in [0.25, 0.3) is 0 Å². The van der Waals surface area contributed by atoms with Gasteiger partial charge in [-0.1, -0.05) is 29.6 Å². The van der Waals surface area contributed by atoms with Crippen molar-refractivity contribution in [2.45, 2.75) is 32.1 Å². The van der Waals surface area contributed by atoms with Gasteiger partial charge in [0.2, 0.25) is 0 Å². The molecule has 2 nitrogen and oxygen atoms in total. The minimum Gasteiger partial charge on any atom is -0.232 e. The molecule has 0 N–H and O–H groups in total. The minimum absolute atomic E-state index is 0.482. The average molecular weight is 267 g/mol. The van der Waals surface area contributed by atoms with E-state index in [-0.39, 0.29) is 0 Å². The summed E-state index contributed by atoms with van der Waals surface area (Å²) in [4.78, 5) is 9.04. The molecule has 0 atom stereocenters. The van der Waals surface area contributed by atoms with E-state index in [1.54, 1.807) is 0 Å². The molecule has 1 heterocycles. The lowest BCUT2D eigenvalue weighted by atomic mass is 9.85. The van der Waals surface area contributed by atoms with Crippen LogP contribution in [0.1, 0.15) is 36.6 Å². The summed E-state index contributed by atoms with van der Waals surface area (Å²) in [6, 6.07) is 3.73. The quantitative estimate of drug-likeness (QED) is 0.710. The van der Waals surface area contributed by atoms with Crippen LogP contribution in [-0.2, 0) is 0 Å². The van der Waals surface area contributed by atoms with Gasteiger partial charge in [-0.3, -0.25) is 0 Å². The predicted molar refractivity (Wildman–Crippen MR) is 70.9 cm³/mol. The SMILES string of the molecule is Cc1c(Cl)ccc2c(Cl)nc(C3CCC3)nc12. The van der Waals surface area contributed by atoms with E-state index in [4.69, 9.17) is 23.2 Å². The maximum absolute atomic E-state index is 6.22. The van der Waals surface area contributed by atoms with E-state index in [1.807, 2.05) is 19.1 Å². The lowest BCUT2D eigenvalue weighted by molar-refractivity contribution is 0.402. The van der Waals surface area contributed by atoms with Crippen LogP contribution in [0.5, 0.6) is 0 Å². The number of aromatic nitrogens is 2. The Morgan fingerprint density at radius 1 is 1.18 bits per heavy atom. The van der Waals surface area contributed by atoms with Gasteiger partial charge in [0.15, 0.2) is 0 Å². The summed E-state index contributed by atoms with van der Waals surface area (Å²) in [7, 11) is 0. The van der Waals surface area contributed by atoms with E-state index in [1.165, 1.54) is 19.3 Å². The normalized spacial score (nSPS) is 16.2. The maximum atomic E-state index is 6.22. The van der Waals surface area contributed by atoms with E-state index in [0.29, 0.717) is 11.1 Å². The lowest BCUT2D eigenvalue weighted by Gasteiger charge is -2.24. The monoisotopic (exact) mass is 266 g/mol. The second-order valence-electron chi connectivity index (χ2n) is 4.57. The first-order chi connectivity index (χ1) is 8.16. The van der Waals surface area contributed by atoms with Gasteiger partial charge in [-0.15, -0.1) is 0 Å². The molecule has 0 spiro atoms. The number of hydrogen-bond acceptors (Lipinski definition) is 2. The number of rotatable bonds is 1. The van der Waals surface area contributed by atoms with Crippen molar-refractivity contribution >= 4 is 34.1 Å². The molecule has 1 fully saturated rings. The van der Waals surface area contributed by atoms with Gasteiger partial charge in [-0.25, -0.2) is 9.97 Å². The third-order valence-corrected chi connectivity index (χ3v) is 4.19. The van der Waals surface area contributed by atoms with E-state index in [0.717, 1.165) is 27.3 Å². The zero-order valence-corrected chi connectivity index (χ0v) is 11.0. The summed E-state index contributed by atoms with van der Waals surface area (Å²) in [6.45, 7) is 1.97. The van der Waals surface area contributed by atoms with E-state index < -0.39 is 0 Å². The number of benzene rings is 1. The Labute approximate surface area is 110 Å². The average Bonchev–Trinajstić information content (AvgIpc) is 2.22. The van der Waals surface area contributed by atoms with Crippen molar-refractivity contribution in [1.82, 2.24) is 9.97 Å². The van der Waals surface area contributed by atoms with Crippen LogP contribution in [0, 0.1) is 6.92 Å². The van der Waals surface area contributed by atoms with Crippen LogP contribution in [-0.4, -0.2) is 9.97 Å². The molecule has 88 valence electrons. The van der Waals surface area contributed by atoms with Gasteiger partial charge in [0.05, 0.1) is 5.52 Å². The highest BCUT2D eigenvalue weighted by atomic mass is 35.5. The first-order valence-electron chi connectivity index (χ1n) is 5.79. The van der Waals surface area contributed by atoms with Gasteiger partial charge in [0.1, 0.15) is 11.0 Å². The second kappa shape index (κ2) is 4.11. The molecule has 4 heteroatoms. The summed E-state index contributed by atoms with van der Waals surface area (Å²) in [6.07, 6.45) is 3.60. The highest BCUT2D eigenvalue weighted by Gasteiger charge is 2.23. The van der Waals surface area contributed by atoms with Crippen LogP contribution in [0.25, 0.3) is 10.9 Å². The van der Waals surface area contributed by atoms with Crippen LogP contribution in [0.2, 0.25) is 10.2 Å². The first kappa shape index (κ1) is 11.2. The molecule has 1 aliphatic rings. The molecule has 17 heavy (non-hydrogen) atoms. The van der Waals surface area contributed by atoms with Crippen LogP contribution >= 0.6 is 23.2 Å². The topological polar surface area (TPSA) is 25.8 Å². The molecular weight excluding hydrogens is 255 g/mol. The zero-order valence-electron chi connectivity index (χ0n) is 9.50. The number of halogens is 2. The van der Waals surface area contributed by atoms with Gasteiger partial charge in [0, 0.05) is 16.3 Å². The minimum atomic E-state index is 0.482. The third-order valence-electron chi connectivity index (χ3n) is 3.50. The zero-order chi connectivity index (χ0) is 12.0. The van der Waals surface area contributed by atoms with Gasteiger partial charge >= 0.3 is 0 Å². The van der Waals surface area contributed by atoms with Gasteiger partial charge in [-0.05, 0) is 37.5 Å². The number of nitrogens with zero attached hydrogens (tertiary/aromatic N) is 2. The van der Waals surface area contributed by atoms with Crippen molar-refractivity contribution in [3.8, 4) is 0 Å². The third kappa shape index (κ3) is 1.80. The molecule has 0 saturated heterocycles. The highest BCUT2D eigenvalue weighted by Crippen LogP contribution is 2.37. The molecular formula is C13H12Cl2N2. The fourth-order valence-electron chi connectivity index (χ4n) is 2.14. The molecule has 0 unspecified atom stereocenters. The molecule has 1 aromatic carbocycles. The molecule has 1 aliphatic carbocycles. The molecule has 1 aromatic heterocycles. The van der Waals surface area contributed by atoms with Crippen LogP contribution < -0.4 is 0 Å². The Balaban J connectivity index is 2.25. The Morgan fingerprint density at radius 3 is 2.59 bits per heavy atom. The summed E-state index contributed by atoms with van der Waals surface area (Å²) in [5, 5.41) is 2.15. The van der Waals surface area contributed by atoms with E-state index in [2.05, 4.69) is 9.97 Å². The van der Waals surface area contributed by atoms with Crippen LogP contribution in [0.15, 0.2) is 12.1 Å². The summed E-state index contributed by atoms with van der Waals surface area (Å²) in [5.74, 6) is 1.36. The van der Waals surface area contributed by atoms with Crippen molar-refractivity contribution in [1.29, 1.82) is 0 Å². The predicted octanol–water partition coefficient (Wildman–Crippen LogP) is 4.51. The summed E-state index contributed by atoms with van der Waals surface area (Å²) >= 11 is 12.3. The Kier molecular flexibility index (Phi) is 2.72. The van der Waals surface area contributed by atoms with Crippen LogP contribution in [0.3, 0.4) is 0 Å². The second-order valence-corrected chi connectivity index (χ2v) is 5.33. The van der Waals surface area contributed by atoms with Gasteiger partial charge < -0.3 is 0 Å². The van der Waals surface area contributed by atoms with Crippen molar-refractivity contribution in [2.75, 3.05) is 0 Å². The maximum Gasteiger partial charge on any atom is 0.140 e.